The maximum absolute atomic E-state index is 12.5. The number of carbonyl (C=O) groups excluding carboxylic acids is 1. The predicted molar refractivity (Wildman–Crippen MR) is 133 cm³/mol. The number of aromatic hydroxyl groups is 1. The SMILES string of the molecule is CCc1cc(Cl)c(C)cc1OCC(=O)N=Nc1c(O)n(CN2CCOCC2)c2cccc(OC)c12. The van der Waals surface area contributed by atoms with Crippen LogP contribution in [-0.4, -0.2) is 60.5 Å². The summed E-state index contributed by atoms with van der Waals surface area (Å²) in [5, 5.41) is 20.2. The molecule has 0 atom stereocenters. The van der Waals surface area contributed by atoms with Crippen molar-refractivity contribution in [1.29, 1.82) is 0 Å². The molecule has 1 amide bonds. The van der Waals surface area contributed by atoms with Gasteiger partial charge in [0.05, 0.1) is 37.9 Å². The second kappa shape index (κ2) is 11.1. The summed E-state index contributed by atoms with van der Waals surface area (Å²) < 4.78 is 18.4. The highest BCUT2D eigenvalue weighted by atomic mass is 35.5. The minimum absolute atomic E-state index is 0.0879. The Kier molecular flexibility index (Phi) is 7.90. The number of hydrogen-bond acceptors (Lipinski definition) is 7. The first-order chi connectivity index (χ1) is 16.9. The van der Waals surface area contributed by atoms with Gasteiger partial charge in [0.15, 0.2) is 12.3 Å². The van der Waals surface area contributed by atoms with Gasteiger partial charge in [-0.2, -0.15) is 0 Å². The van der Waals surface area contributed by atoms with Gasteiger partial charge < -0.3 is 19.3 Å². The Labute approximate surface area is 208 Å². The lowest BCUT2D eigenvalue weighted by Crippen LogP contribution is -2.37. The fourth-order valence-corrected chi connectivity index (χ4v) is 4.25. The Morgan fingerprint density at radius 1 is 1.23 bits per heavy atom. The molecule has 1 N–H and O–H groups in total. The number of amides is 1. The normalized spacial score (nSPS) is 14.6. The molecular formula is C25H29ClN4O5. The van der Waals surface area contributed by atoms with Gasteiger partial charge in [-0.05, 0) is 48.7 Å². The number of fused-ring (bicyclic) bond motifs is 1. The number of methoxy groups -OCH3 is 1. The monoisotopic (exact) mass is 500 g/mol. The van der Waals surface area contributed by atoms with Gasteiger partial charge in [-0.1, -0.05) is 24.6 Å². The van der Waals surface area contributed by atoms with E-state index < -0.39 is 5.91 Å². The molecule has 0 radical (unpaired) electrons. The van der Waals surface area contributed by atoms with Gasteiger partial charge in [0.2, 0.25) is 5.88 Å². The summed E-state index contributed by atoms with van der Waals surface area (Å²) in [5.74, 6) is 0.447. The summed E-state index contributed by atoms with van der Waals surface area (Å²) in [5.41, 5.74) is 2.67. The molecule has 4 rings (SSSR count). The third-order valence-electron chi connectivity index (χ3n) is 6.00. The summed E-state index contributed by atoms with van der Waals surface area (Å²) in [6.45, 7) is 6.79. The number of carbonyl (C=O) groups is 1. The van der Waals surface area contributed by atoms with Gasteiger partial charge in [0, 0.05) is 18.1 Å². The molecule has 10 heteroatoms. The largest absolute Gasteiger partial charge is 0.496 e. The van der Waals surface area contributed by atoms with Crippen molar-refractivity contribution in [3.8, 4) is 17.4 Å². The third kappa shape index (κ3) is 5.42. The van der Waals surface area contributed by atoms with Crippen molar-refractivity contribution in [1.82, 2.24) is 9.47 Å². The number of aryl methyl sites for hydroxylation is 2. The lowest BCUT2D eigenvalue weighted by Gasteiger charge is -2.27. The fourth-order valence-electron chi connectivity index (χ4n) is 4.07. The number of ether oxygens (including phenoxy) is 3. The van der Waals surface area contributed by atoms with Crippen LogP contribution in [0.1, 0.15) is 18.1 Å². The van der Waals surface area contributed by atoms with Gasteiger partial charge in [-0.25, -0.2) is 0 Å². The Balaban J connectivity index is 1.58. The minimum atomic E-state index is -0.581. The third-order valence-corrected chi connectivity index (χ3v) is 6.41. The highest BCUT2D eigenvalue weighted by Gasteiger charge is 2.22. The van der Waals surface area contributed by atoms with E-state index in [1.165, 1.54) is 0 Å². The van der Waals surface area contributed by atoms with Crippen LogP contribution in [0.3, 0.4) is 0 Å². The van der Waals surface area contributed by atoms with Crippen LogP contribution in [0.4, 0.5) is 5.69 Å². The van der Waals surface area contributed by atoms with Crippen molar-refractivity contribution in [2.24, 2.45) is 10.2 Å². The first-order valence-corrected chi connectivity index (χ1v) is 11.8. The number of benzene rings is 2. The van der Waals surface area contributed by atoms with Crippen molar-refractivity contribution >= 4 is 34.1 Å². The molecule has 9 nitrogen and oxygen atoms in total. The highest BCUT2D eigenvalue weighted by Crippen LogP contribution is 2.43. The zero-order valence-corrected chi connectivity index (χ0v) is 20.8. The number of azo groups is 1. The van der Waals surface area contributed by atoms with Crippen LogP contribution in [0.5, 0.6) is 17.4 Å². The zero-order chi connectivity index (χ0) is 24.9. The molecule has 0 saturated carbocycles. The van der Waals surface area contributed by atoms with Gasteiger partial charge >= 0.3 is 5.91 Å². The van der Waals surface area contributed by atoms with Crippen molar-refractivity contribution in [3.05, 3.63) is 46.5 Å². The van der Waals surface area contributed by atoms with Gasteiger partial charge in [-0.3, -0.25) is 14.3 Å². The average Bonchev–Trinajstić information content (AvgIpc) is 3.14. The molecule has 1 aromatic heterocycles. The second-order valence-corrected chi connectivity index (χ2v) is 8.68. The van der Waals surface area contributed by atoms with Crippen molar-refractivity contribution in [3.63, 3.8) is 0 Å². The number of hydrogen-bond donors (Lipinski definition) is 1. The van der Waals surface area contributed by atoms with Gasteiger partial charge in [0.25, 0.3) is 0 Å². The standard InChI is InChI=1S/C25H29ClN4O5/c1-4-17-13-18(26)16(2)12-21(17)35-14-22(31)27-28-24-23-19(6-5-7-20(23)33-3)30(25(24)32)15-29-8-10-34-11-9-29/h5-7,12-13,32H,4,8-11,14-15H2,1-3H3. The molecule has 0 aliphatic carbocycles. The molecule has 2 aromatic carbocycles. The van der Waals surface area contributed by atoms with E-state index in [1.807, 2.05) is 38.1 Å². The Morgan fingerprint density at radius 3 is 2.71 bits per heavy atom. The first kappa shape index (κ1) is 25.0. The highest BCUT2D eigenvalue weighted by molar-refractivity contribution is 6.31. The van der Waals surface area contributed by atoms with Crippen molar-refractivity contribution in [2.75, 3.05) is 40.0 Å². The molecule has 0 unspecified atom stereocenters. The average molecular weight is 501 g/mol. The topological polar surface area (TPSA) is 97.9 Å². The van der Waals surface area contributed by atoms with E-state index in [4.69, 9.17) is 25.8 Å². The maximum atomic E-state index is 12.5. The first-order valence-electron chi connectivity index (χ1n) is 11.5. The second-order valence-electron chi connectivity index (χ2n) is 8.27. The van der Waals surface area contributed by atoms with E-state index in [2.05, 4.69) is 15.1 Å². The van der Waals surface area contributed by atoms with Crippen LogP contribution < -0.4 is 9.47 Å². The summed E-state index contributed by atoms with van der Waals surface area (Å²) >= 11 is 6.19. The number of aromatic nitrogens is 1. The number of rotatable bonds is 8. The summed E-state index contributed by atoms with van der Waals surface area (Å²) in [6.07, 6.45) is 0.710. The Bertz CT molecular complexity index is 1250. The predicted octanol–water partition coefficient (Wildman–Crippen LogP) is 4.86. The smallest absolute Gasteiger partial charge is 0.302 e. The Hall–Kier alpha value is -3.14. The number of halogens is 1. The maximum Gasteiger partial charge on any atom is 0.302 e. The molecule has 2 heterocycles. The summed E-state index contributed by atoms with van der Waals surface area (Å²) in [4.78, 5) is 14.7. The number of nitrogens with zero attached hydrogens (tertiary/aromatic N) is 4. The molecule has 186 valence electrons. The molecular weight excluding hydrogens is 472 g/mol. The molecule has 1 saturated heterocycles. The molecule has 3 aromatic rings. The van der Waals surface area contributed by atoms with E-state index in [9.17, 15) is 9.90 Å². The van der Waals surface area contributed by atoms with Crippen LogP contribution in [0.15, 0.2) is 40.6 Å². The molecule has 1 aliphatic heterocycles. The van der Waals surface area contributed by atoms with Crippen LogP contribution in [-0.2, 0) is 22.6 Å². The van der Waals surface area contributed by atoms with Gasteiger partial charge in [0.1, 0.15) is 11.5 Å². The van der Waals surface area contributed by atoms with Crippen molar-refractivity contribution in [2.45, 2.75) is 26.9 Å². The quantitative estimate of drug-likeness (QED) is 0.443. The number of morpholine rings is 1. The molecule has 35 heavy (non-hydrogen) atoms. The molecule has 0 spiro atoms. The van der Waals surface area contributed by atoms with E-state index in [0.29, 0.717) is 48.2 Å². The van der Waals surface area contributed by atoms with E-state index >= 15 is 0 Å². The lowest BCUT2D eigenvalue weighted by atomic mass is 10.1. The van der Waals surface area contributed by atoms with Crippen LogP contribution in [0.2, 0.25) is 5.02 Å². The molecule has 0 bridgehead atoms. The lowest BCUT2D eigenvalue weighted by molar-refractivity contribution is -0.120. The van der Waals surface area contributed by atoms with E-state index in [1.54, 1.807) is 17.7 Å². The van der Waals surface area contributed by atoms with Crippen LogP contribution >= 0.6 is 11.6 Å². The summed E-state index contributed by atoms with van der Waals surface area (Å²) in [6, 6.07) is 9.14. The van der Waals surface area contributed by atoms with Crippen LogP contribution in [0.25, 0.3) is 10.9 Å². The van der Waals surface area contributed by atoms with E-state index in [-0.39, 0.29) is 18.2 Å². The fraction of sp³-hybridized carbons (Fsp3) is 0.400. The summed E-state index contributed by atoms with van der Waals surface area (Å²) in [7, 11) is 1.55. The Morgan fingerprint density at radius 2 is 2.00 bits per heavy atom. The molecule has 1 aliphatic rings. The molecule has 1 fully saturated rings. The van der Waals surface area contributed by atoms with E-state index in [0.717, 1.165) is 29.7 Å². The van der Waals surface area contributed by atoms with Crippen LogP contribution in [0, 0.1) is 6.92 Å². The van der Waals surface area contributed by atoms with Crippen molar-refractivity contribution < 1.29 is 24.1 Å². The minimum Gasteiger partial charge on any atom is -0.496 e. The zero-order valence-electron chi connectivity index (χ0n) is 20.1. The van der Waals surface area contributed by atoms with Gasteiger partial charge in [-0.15, -0.1) is 10.2 Å².